The Morgan fingerprint density at radius 2 is 1.22 bits per heavy atom. The molecule has 0 radical (unpaired) electrons. The minimum Gasteiger partial charge on any atom is -0.394 e. The SMILES string of the molecule is OC[C@H]1O[C@@H]([C@@]2(O)O[C@H](CO)[C@@H](O)[C@H](O)[C@H]2O)[C@H](O)[C@@H](O)[C@H]1O. The topological polar surface area (TPSA) is 201 Å². The van der Waals surface area contributed by atoms with Crippen molar-refractivity contribution in [1.29, 1.82) is 0 Å². The van der Waals surface area contributed by atoms with Gasteiger partial charge in [0.25, 0.3) is 0 Å². The van der Waals surface area contributed by atoms with E-state index in [1.807, 2.05) is 0 Å². The normalized spacial score (nSPS) is 54.9. The molecule has 2 aliphatic rings. The molecule has 2 fully saturated rings. The summed E-state index contributed by atoms with van der Waals surface area (Å²) in [5, 5.41) is 87.7. The van der Waals surface area contributed by atoms with Crippen molar-refractivity contribution < 1.29 is 55.4 Å². The predicted octanol–water partition coefficient (Wildman–Crippen LogP) is -6.01. The van der Waals surface area contributed by atoms with E-state index in [4.69, 9.17) is 19.7 Å². The minimum atomic E-state index is -2.82. The summed E-state index contributed by atoms with van der Waals surface area (Å²) in [6.07, 6.45) is -16.1. The molecule has 0 saturated carbocycles. The van der Waals surface area contributed by atoms with Crippen molar-refractivity contribution in [3.8, 4) is 0 Å². The van der Waals surface area contributed by atoms with Gasteiger partial charge in [-0.15, -0.1) is 0 Å². The molecular formula is C12H22O11. The molecule has 0 amide bonds. The summed E-state index contributed by atoms with van der Waals surface area (Å²) in [6.45, 7) is -1.60. The van der Waals surface area contributed by atoms with E-state index in [1.165, 1.54) is 0 Å². The second kappa shape index (κ2) is 6.82. The number of hydrogen-bond acceptors (Lipinski definition) is 11. The molecule has 0 aliphatic carbocycles. The molecular weight excluding hydrogens is 320 g/mol. The van der Waals surface area contributed by atoms with E-state index in [0.717, 1.165) is 0 Å². The quantitative estimate of drug-likeness (QED) is 0.236. The van der Waals surface area contributed by atoms with E-state index in [0.29, 0.717) is 0 Å². The van der Waals surface area contributed by atoms with Crippen LogP contribution in [0.4, 0.5) is 0 Å². The number of aliphatic hydroxyl groups is 9. The lowest BCUT2D eigenvalue weighted by molar-refractivity contribution is -0.406. The van der Waals surface area contributed by atoms with E-state index >= 15 is 0 Å². The van der Waals surface area contributed by atoms with Crippen molar-refractivity contribution in [3.05, 3.63) is 0 Å². The number of aliphatic hydroxyl groups excluding tert-OH is 8. The van der Waals surface area contributed by atoms with Crippen LogP contribution in [0.3, 0.4) is 0 Å². The Kier molecular flexibility index (Phi) is 5.60. The average Bonchev–Trinajstić information content (AvgIpc) is 2.54. The zero-order valence-corrected chi connectivity index (χ0v) is 12.0. The van der Waals surface area contributed by atoms with Crippen LogP contribution in [0, 0.1) is 0 Å². The molecule has 2 heterocycles. The highest BCUT2D eigenvalue weighted by atomic mass is 16.7. The molecule has 0 aromatic rings. The maximum atomic E-state index is 10.5. The summed E-state index contributed by atoms with van der Waals surface area (Å²) in [7, 11) is 0. The van der Waals surface area contributed by atoms with Crippen LogP contribution in [0.25, 0.3) is 0 Å². The van der Waals surface area contributed by atoms with E-state index in [9.17, 15) is 35.7 Å². The summed E-state index contributed by atoms with van der Waals surface area (Å²) in [5.74, 6) is -2.82. The Bertz CT molecular complexity index is 404. The molecule has 2 aliphatic heterocycles. The molecule has 2 rings (SSSR count). The highest BCUT2D eigenvalue weighted by molar-refractivity contribution is 5.05. The van der Waals surface area contributed by atoms with Gasteiger partial charge in [0.1, 0.15) is 54.9 Å². The Morgan fingerprint density at radius 3 is 1.74 bits per heavy atom. The maximum absolute atomic E-state index is 10.5. The summed E-state index contributed by atoms with van der Waals surface area (Å²) in [6, 6.07) is 0. The van der Waals surface area contributed by atoms with Crippen molar-refractivity contribution in [1.82, 2.24) is 0 Å². The van der Waals surface area contributed by atoms with Gasteiger partial charge in [-0.3, -0.25) is 0 Å². The first kappa shape index (κ1) is 18.9. The maximum Gasteiger partial charge on any atom is 0.225 e. The van der Waals surface area contributed by atoms with Gasteiger partial charge in [-0.1, -0.05) is 0 Å². The Labute approximate surface area is 130 Å². The molecule has 23 heavy (non-hydrogen) atoms. The van der Waals surface area contributed by atoms with Crippen LogP contribution < -0.4 is 0 Å². The van der Waals surface area contributed by atoms with Crippen LogP contribution in [0.15, 0.2) is 0 Å². The molecule has 2 saturated heterocycles. The largest absolute Gasteiger partial charge is 0.394 e. The lowest BCUT2D eigenvalue weighted by Gasteiger charge is -2.52. The van der Waals surface area contributed by atoms with Gasteiger partial charge in [0, 0.05) is 0 Å². The zero-order valence-electron chi connectivity index (χ0n) is 12.0. The lowest BCUT2D eigenvalue weighted by Crippen LogP contribution is -2.75. The summed E-state index contributed by atoms with van der Waals surface area (Å²) < 4.78 is 10.1. The van der Waals surface area contributed by atoms with Crippen molar-refractivity contribution in [2.45, 2.75) is 60.7 Å². The van der Waals surface area contributed by atoms with E-state index in [-0.39, 0.29) is 0 Å². The fourth-order valence-corrected chi connectivity index (χ4v) is 2.86. The summed E-state index contributed by atoms with van der Waals surface area (Å²) >= 11 is 0. The van der Waals surface area contributed by atoms with Gasteiger partial charge in [-0.2, -0.15) is 0 Å². The standard InChI is InChI=1S/C12H22O11/c13-1-3-5(15)7(17)9(19)11(22-3)12(21)10(20)8(18)6(16)4(2-14)23-12/h3-11,13-21H,1-2H2/t3-,4-,5+,6-,7+,8+,9-,10-,11-,12+/m1/s1. The molecule has 9 N–H and O–H groups in total. The molecule has 0 aromatic carbocycles. The average molecular weight is 342 g/mol. The van der Waals surface area contributed by atoms with Gasteiger partial charge in [0.15, 0.2) is 0 Å². The molecule has 0 unspecified atom stereocenters. The molecule has 0 bridgehead atoms. The monoisotopic (exact) mass is 342 g/mol. The molecule has 0 spiro atoms. The molecule has 136 valence electrons. The molecule has 10 atom stereocenters. The van der Waals surface area contributed by atoms with Crippen LogP contribution in [-0.2, 0) is 9.47 Å². The number of hydrogen-bond donors (Lipinski definition) is 9. The van der Waals surface area contributed by atoms with Crippen molar-refractivity contribution in [2.75, 3.05) is 13.2 Å². The first-order chi connectivity index (χ1) is 10.7. The van der Waals surface area contributed by atoms with Gasteiger partial charge >= 0.3 is 0 Å². The van der Waals surface area contributed by atoms with Crippen LogP contribution in [-0.4, -0.2) is 120 Å². The first-order valence-corrected chi connectivity index (χ1v) is 7.04. The third kappa shape index (κ3) is 2.99. The fourth-order valence-electron chi connectivity index (χ4n) is 2.86. The first-order valence-electron chi connectivity index (χ1n) is 7.04. The van der Waals surface area contributed by atoms with Crippen LogP contribution in [0.1, 0.15) is 0 Å². The van der Waals surface area contributed by atoms with Crippen LogP contribution in [0.2, 0.25) is 0 Å². The Balaban J connectivity index is 2.33. The zero-order chi connectivity index (χ0) is 17.5. The van der Waals surface area contributed by atoms with Crippen molar-refractivity contribution in [3.63, 3.8) is 0 Å². The predicted molar refractivity (Wildman–Crippen MR) is 68.7 cm³/mol. The van der Waals surface area contributed by atoms with Crippen molar-refractivity contribution >= 4 is 0 Å². The van der Waals surface area contributed by atoms with Gasteiger partial charge in [0.2, 0.25) is 5.79 Å². The lowest BCUT2D eigenvalue weighted by atomic mass is 9.83. The Hall–Kier alpha value is -0.440. The third-order valence-corrected chi connectivity index (χ3v) is 4.30. The third-order valence-electron chi connectivity index (χ3n) is 4.30. The van der Waals surface area contributed by atoms with Gasteiger partial charge in [0.05, 0.1) is 13.2 Å². The Morgan fingerprint density at radius 1 is 0.696 bits per heavy atom. The second-order valence-electron chi connectivity index (χ2n) is 5.77. The van der Waals surface area contributed by atoms with Crippen LogP contribution >= 0.6 is 0 Å². The van der Waals surface area contributed by atoms with Gasteiger partial charge < -0.3 is 55.4 Å². The fraction of sp³-hybridized carbons (Fsp3) is 1.00. The van der Waals surface area contributed by atoms with E-state index in [1.54, 1.807) is 0 Å². The smallest absolute Gasteiger partial charge is 0.225 e. The van der Waals surface area contributed by atoms with Crippen LogP contribution in [0.5, 0.6) is 0 Å². The second-order valence-corrected chi connectivity index (χ2v) is 5.77. The molecule has 11 nitrogen and oxygen atoms in total. The van der Waals surface area contributed by atoms with E-state index < -0.39 is 73.9 Å². The molecule has 0 aromatic heterocycles. The van der Waals surface area contributed by atoms with E-state index in [2.05, 4.69) is 0 Å². The van der Waals surface area contributed by atoms with Gasteiger partial charge in [-0.25, -0.2) is 0 Å². The number of rotatable bonds is 3. The summed E-state index contributed by atoms with van der Waals surface area (Å²) in [4.78, 5) is 0. The highest BCUT2D eigenvalue weighted by Gasteiger charge is 2.62. The number of ether oxygens (including phenoxy) is 2. The molecule has 11 heteroatoms. The summed E-state index contributed by atoms with van der Waals surface area (Å²) in [5.41, 5.74) is 0. The van der Waals surface area contributed by atoms with Crippen molar-refractivity contribution in [2.24, 2.45) is 0 Å². The minimum absolute atomic E-state index is 0.776. The van der Waals surface area contributed by atoms with Gasteiger partial charge in [-0.05, 0) is 0 Å². The highest BCUT2D eigenvalue weighted by Crippen LogP contribution is 2.37.